The molecule has 1 fully saturated rings. The summed E-state index contributed by atoms with van der Waals surface area (Å²) in [6, 6.07) is 7.04. The average Bonchev–Trinajstić information content (AvgIpc) is 3.05. The third-order valence-corrected chi connectivity index (χ3v) is 6.02. The van der Waals surface area contributed by atoms with Crippen molar-refractivity contribution in [3.8, 4) is 11.3 Å². The van der Waals surface area contributed by atoms with Crippen LogP contribution in [-0.2, 0) is 4.79 Å². The monoisotopic (exact) mass is 432 g/mol. The van der Waals surface area contributed by atoms with Crippen LogP contribution in [0.2, 0.25) is 0 Å². The molecule has 5 nitrogen and oxygen atoms in total. The molecule has 4 N–H and O–H groups in total. The highest BCUT2D eigenvalue weighted by Crippen LogP contribution is 2.48. The highest BCUT2D eigenvalue weighted by atomic mass is 19.1. The van der Waals surface area contributed by atoms with Gasteiger partial charge in [-0.25, -0.2) is 13.2 Å². The van der Waals surface area contributed by atoms with Crippen LogP contribution >= 0.6 is 0 Å². The molecule has 1 amide bonds. The minimum absolute atomic E-state index is 0.134. The molecule has 0 saturated heterocycles. The van der Waals surface area contributed by atoms with E-state index in [9.17, 15) is 28.2 Å². The van der Waals surface area contributed by atoms with Crippen LogP contribution < -0.4 is 5.32 Å². The normalized spacial score (nSPS) is 20.3. The van der Waals surface area contributed by atoms with Crippen LogP contribution in [0.1, 0.15) is 31.2 Å². The van der Waals surface area contributed by atoms with Crippen molar-refractivity contribution in [3.63, 3.8) is 0 Å². The van der Waals surface area contributed by atoms with Gasteiger partial charge in [-0.3, -0.25) is 4.79 Å². The molecule has 4 rings (SSSR count). The Bertz CT molecular complexity index is 1110. The number of hydrogen-bond acceptors (Lipinski definition) is 3. The number of aliphatic hydroxyl groups excluding tert-OH is 2. The number of rotatable bonds is 6. The lowest BCUT2D eigenvalue weighted by Crippen LogP contribution is -2.49. The lowest BCUT2D eigenvalue weighted by atomic mass is 9.69. The number of amides is 1. The fourth-order valence-electron chi connectivity index (χ4n) is 4.20. The molecule has 0 spiro atoms. The second kappa shape index (κ2) is 8.36. The first-order chi connectivity index (χ1) is 14.8. The molecule has 0 bridgehead atoms. The van der Waals surface area contributed by atoms with Crippen LogP contribution in [0.3, 0.4) is 0 Å². The van der Waals surface area contributed by atoms with Gasteiger partial charge in [-0.15, -0.1) is 0 Å². The number of aliphatic hydroxyl groups is 2. The van der Waals surface area contributed by atoms with Gasteiger partial charge in [0.05, 0.1) is 30.0 Å². The summed E-state index contributed by atoms with van der Waals surface area (Å²) in [5, 5.41) is 21.9. The SMILES string of the molecule is C[C@H](O)[C@H](CO)NC(=O)[C@H]1C[C@@H](c2c(-c3ccc(F)cc3)[nH]c3c(F)cc(F)cc32)C1. The van der Waals surface area contributed by atoms with E-state index in [0.29, 0.717) is 35.0 Å². The van der Waals surface area contributed by atoms with Crippen molar-refractivity contribution >= 4 is 16.8 Å². The molecule has 8 heteroatoms. The van der Waals surface area contributed by atoms with Gasteiger partial charge in [-0.05, 0) is 67.1 Å². The molecular weight excluding hydrogens is 409 g/mol. The zero-order chi connectivity index (χ0) is 22.3. The van der Waals surface area contributed by atoms with Gasteiger partial charge < -0.3 is 20.5 Å². The van der Waals surface area contributed by atoms with Crippen LogP contribution in [0.5, 0.6) is 0 Å². The molecule has 0 unspecified atom stereocenters. The van der Waals surface area contributed by atoms with E-state index in [-0.39, 0.29) is 29.9 Å². The highest BCUT2D eigenvalue weighted by molar-refractivity contribution is 5.92. The lowest BCUT2D eigenvalue weighted by molar-refractivity contribution is -0.130. The topological polar surface area (TPSA) is 85.3 Å². The van der Waals surface area contributed by atoms with E-state index >= 15 is 0 Å². The van der Waals surface area contributed by atoms with Gasteiger partial charge in [0, 0.05) is 17.4 Å². The zero-order valence-electron chi connectivity index (χ0n) is 16.8. The van der Waals surface area contributed by atoms with Crippen molar-refractivity contribution in [2.75, 3.05) is 6.61 Å². The first-order valence-electron chi connectivity index (χ1n) is 10.1. The Morgan fingerprint density at radius 3 is 2.45 bits per heavy atom. The molecule has 2 atom stereocenters. The zero-order valence-corrected chi connectivity index (χ0v) is 16.8. The summed E-state index contributed by atoms with van der Waals surface area (Å²) < 4.78 is 41.8. The standard InChI is InChI=1S/C23H23F3N2O3/c1-11(30)19(10-29)27-23(31)14-6-13(7-14)20-17-8-16(25)9-18(26)22(17)28-21(20)12-2-4-15(24)5-3-12/h2-5,8-9,11,13-14,19,28-30H,6-7,10H2,1H3,(H,27,31)/t11-,13-,14+,19-/m0/s1. The van der Waals surface area contributed by atoms with Crippen LogP contribution in [-0.4, -0.2) is 39.9 Å². The van der Waals surface area contributed by atoms with Crippen LogP contribution in [0.25, 0.3) is 22.2 Å². The van der Waals surface area contributed by atoms with E-state index in [1.165, 1.54) is 25.1 Å². The Labute approximate surface area is 176 Å². The lowest BCUT2D eigenvalue weighted by Gasteiger charge is -2.36. The van der Waals surface area contributed by atoms with E-state index in [2.05, 4.69) is 10.3 Å². The molecule has 31 heavy (non-hydrogen) atoms. The van der Waals surface area contributed by atoms with Gasteiger partial charge in [-0.2, -0.15) is 0 Å². The van der Waals surface area contributed by atoms with Gasteiger partial charge in [0.1, 0.15) is 17.5 Å². The van der Waals surface area contributed by atoms with Gasteiger partial charge >= 0.3 is 0 Å². The smallest absolute Gasteiger partial charge is 0.223 e. The van der Waals surface area contributed by atoms with Crippen molar-refractivity contribution in [2.24, 2.45) is 5.92 Å². The van der Waals surface area contributed by atoms with Gasteiger partial charge in [-0.1, -0.05) is 0 Å². The fourth-order valence-corrected chi connectivity index (χ4v) is 4.20. The summed E-state index contributed by atoms with van der Waals surface area (Å²) in [5.74, 6) is -2.59. The maximum Gasteiger partial charge on any atom is 0.223 e. The summed E-state index contributed by atoms with van der Waals surface area (Å²) in [6.45, 7) is 1.10. The number of H-pyrrole nitrogens is 1. The number of hydrogen-bond donors (Lipinski definition) is 4. The molecule has 1 heterocycles. The summed E-state index contributed by atoms with van der Waals surface area (Å²) in [4.78, 5) is 15.5. The van der Waals surface area contributed by atoms with Crippen molar-refractivity contribution in [1.29, 1.82) is 0 Å². The minimum atomic E-state index is -0.894. The van der Waals surface area contributed by atoms with Crippen molar-refractivity contribution in [2.45, 2.75) is 37.8 Å². The molecule has 2 aromatic carbocycles. The minimum Gasteiger partial charge on any atom is -0.394 e. The van der Waals surface area contributed by atoms with Gasteiger partial charge in [0.25, 0.3) is 0 Å². The van der Waals surface area contributed by atoms with Crippen molar-refractivity contribution < 1.29 is 28.2 Å². The number of carbonyl (C=O) groups is 1. The summed E-state index contributed by atoms with van der Waals surface area (Å²) in [7, 11) is 0. The van der Waals surface area contributed by atoms with Crippen LogP contribution in [0, 0.1) is 23.4 Å². The molecule has 1 saturated carbocycles. The predicted octanol–water partition coefficient (Wildman–Crippen LogP) is 3.60. The molecule has 1 aromatic heterocycles. The summed E-state index contributed by atoms with van der Waals surface area (Å²) >= 11 is 0. The first-order valence-corrected chi connectivity index (χ1v) is 10.1. The number of benzene rings is 2. The van der Waals surface area contributed by atoms with Gasteiger partial charge in [0.15, 0.2) is 0 Å². The Morgan fingerprint density at radius 2 is 1.84 bits per heavy atom. The molecule has 1 aliphatic carbocycles. The van der Waals surface area contributed by atoms with Gasteiger partial charge in [0.2, 0.25) is 5.91 Å². The second-order valence-electron chi connectivity index (χ2n) is 8.13. The Hall–Kier alpha value is -2.84. The fraction of sp³-hybridized carbons (Fsp3) is 0.348. The maximum absolute atomic E-state index is 14.4. The molecule has 0 radical (unpaired) electrons. The van der Waals surface area contributed by atoms with E-state index < -0.39 is 29.6 Å². The van der Waals surface area contributed by atoms with Crippen LogP contribution in [0.15, 0.2) is 36.4 Å². The highest BCUT2D eigenvalue weighted by Gasteiger charge is 2.39. The molecular formula is C23H23F3N2O3. The average molecular weight is 432 g/mol. The molecule has 1 aliphatic rings. The van der Waals surface area contributed by atoms with E-state index in [1.807, 2.05) is 0 Å². The number of fused-ring (bicyclic) bond motifs is 1. The quantitative estimate of drug-likeness (QED) is 0.480. The third-order valence-electron chi connectivity index (χ3n) is 6.02. The molecule has 0 aliphatic heterocycles. The predicted molar refractivity (Wildman–Crippen MR) is 110 cm³/mol. The Morgan fingerprint density at radius 1 is 1.16 bits per heavy atom. The van der Waals surface area contributed by atoms with E-state index in [0.717, 1.165) is 6.07 Å². The Balaban J connectivity index is 1.65. The second-order valence-corrected chi connectivity index (χ2v) is 8.13. The summed E-state index contributed by atoms with van der Waals surface area (Å²) in [5.41, 5.74) is 2.06. The Kier molecular flexibility index (Phi) is 5.77. The third kappa shape index (κ3) is 4.05. The number of halogens is 3. The van der Waals surface area contributed by atoms with Crippen LogP contribution in [0.4, 0.5) is 13.2 Å². The van der Waals surface area contributed by atoms with E-state index in [1.54, 1.807) is 12.1 Å². The maximum atomic E-state index is 14.4. The number of carbonyl (C=O) groups excluding carboxylic acids is 1. The number of nitrogens with one attached hydrogen (secondary N) is 2. The van der Waals surface area contributed by atoms with Crippen molar-refractivity contribution in [3.05, 3.63) is 59.4 Å². The number of aromatic amines is 1. The van der Waals surface area contributed by atoms with E-state index in [4.69, 9.17) is 0 Å². The molecule has 3 aromatic rings. The largest absolute Gasteiger partial charge is 0.394 e. The summed E-state index contributed by atoms with van der Waals surface area (Å²) in [6.07, 6.45) is 0.000975. The van der Waals surface area contributed by atoms with Crippen molar-refractivity contribution in [1.82, 2.24) is 10.3 Å². The number of aromatic nitrogens is 1. The molecule has 164 valence electrons. The first kappa shape index (κ1) is 21.4.